The summed E-state index contributed by atoms with van der Waals surface area (Å²) < 4.78 is 12.9. The monoisotopic (exact) mass is 300 g/mol. The third-order valence-electron chi connectivity index (χ3n) is 2.48. The van der Waals surface area contributed by atoms with Crippen LogP contribution >= 0.6 is 8.30 Å². The van der Waals surface area contributed by atoms with Gasteiger partial charge in [0.1, 0.15) is 0 Å². The number of H-pyrrole nitrogens is 1. The van der Waals surface area contributed by atoms with Crippen molar-refractivity contribution in [2.45, 2.75) is 6.42 Å². The number of nitro groups is 1. The second-order valence-corrected chi connectivity index (χ2v) is 5.59. The normalized spacial score (nSPS) is 17.6. The zero-order valence-corrected chi connectivity index (χ0v) is 11.5. The van der Waals surface area contributed by atoms with Crippen molar-refractivity contribution < 1.29 is 14.2 Å². The Bertz CT molecular complexity index is 497. The summed E-state index contributed by atoms with van der Waals surface area (Å²) in [5, 5.41) is 25.3. The average molecular weight is 300 g/mol. The highest BCUT2D eigenvalue weighted by Crippen LogP contribution is 2.39. The van der Waals surface area contributed by atoms with Gasteiger partial charge in [-0.05, 0) is 9.91 Å². The van der Waals surface area contributed by atoms with Gasteiger partial charge < -0.3 is 19.4 Å². The highest BCUT2D eigenvalue weighted by atomic mass is 31.2. The van der Waals surface area contributed by atoms with Crippen molar-refractivity contribution in [2.24, 2.45) is 0 Å². The summed E-state index contributed by atoms with van der Waals surface area (Å²) in [5.74, 6) is -0.482. The molecule has 0 amide bonds. The van der Waals surface area contributed by atoms with Crippen molar-refractivity contribution in [3.8, 4) is 6.07 Å². The van der Waals surface area contributed by atoms with Crippen LogP contribution in [-0.4, -0.2) is 57.7 Å². The van der Waals surface area contributed by atoms with E-state index in [-0.39, 0.29) is 13.0 Å². The van der Waals surface area contributed by atoms with E-state index in [4.69, 9.17) is 14.5 Å². The lowest BCUT2D eigenvalue weighted by molar-refractivity contribution is -0.394. The summed E-state index contributed by atoms with van der Waals surface area (Å²) in [5.41, 5.74) is 0.325. The van der Waals surface area contributed by atoms with Crippen molar-refractivity contribution in [3.63, 3.8) is 0 Å². The second kappa shape index (κ2) is 7.21. The van der Waals surface area contributed by atoms with E-state index in [0.29, 0.717) is 31.9 Å². The van der Waals surface area contributed by atoms with Crippen LogP contribution in [0.5, 0.6) is 0 Å². The van der Waals surface area contributed by atoms with Crippen LogP contribution in [0.4, 0.5) is 5.95 Å². The van der Waals surface area contributed by atoms with Crippen molar-refractivity contribution >= 4 is 19.8 Å². The minimum atomic E-state index is -1.32. The highest BCUT2D eigenvalue weighted by Gasteiger charge is 2.31. The molecule has 11 heteroatoms. The molecule has 10 nitrogen and oxygen atoms in total. The van der Waals surface area contributed by atoms with E-state index in [9.17, 15) is 10.1 Å². The second-order valence-electron chi connectivity index (χ2n) is 3.80. The van der Waals surface area contributed by atoms with Crippen LogP contribution in [0.15, 0.2) is 0 Å². The quantitative estimate of drug-likeness (QED) is 0.334. The Labute approximate surface area is 115 Å². The van der Waals surface area contributed by atoms with Gasteiger partial charge in [-0.2, -0.15) is 10.4 Å². The lowest BCUT2D eigenvalue weighted by Crippen LogP contribution is -2.36. The number of nitrogens with zero attached hydrogens (tertiary/aromatic N) is 5. The number of aromatic nitrogens is 3. The molecule has 0 saturated carbocycles. The fourth-order valence-corrected chi connectivity index (χ4v) is 3.26. The Balaban J connectivity index is 2.11. The Hall–Kier alpha value is -1.66. The summed E-state index contributed by atoms with van der Waals surface area (Å²) in [7, 11) is -1.32. The number of aromatic amines is 1. The van der Waals surface area contributed by atoms with Crippen LogP contribution < -0.4 is 5.57 Å². The molecule has 0 spiro atoms. The molecule has 1 aromatic heterocycles. The summed E-state index contributed by atoms with van der Waals surface area (Å²) >= 11 is 0. The Morgan fingerprint density at radius 3 is 2.95 bits per heavy atom. The minimum Gasteiger partial charge on any atom is -0.390 e. The van der Waals surface area contributed by atoms with Gasteiger partial charge in [0.05, 0.1) is 32.3 Å². The van der Waals surface area contributed by atoms with Crippen molar-refractivity contribution in [3.05, 3.63) is 10.1 Å². The van der Waals surface area contributed by atoms with Gasteiger partial charge in [0.15, 0.2) is 8.30 Å². The van der Waals surface area contributed by atoms with E-state index >= 15 is 0 Å². The molecule has 1 N–H and O–H groups in total. The standard InChI is InChI=1S/C9H13N6O4P/c10-2-1-5-19-20(14-3-6-18-7-4-14)9-11-8(12-13-9)15(16)17/h1,3-7H2,(H,11,12,13). The maximum atomic E-state index is 10.6. The van der Waals surface area contributed by atoms with Crippen LogP contribution in [0, 0.1) is 21.4 Å². The van der Waals surface area contributed by atoms with Crippen LogP contribution in [0.2, 0.25) is 0 Å². The van der Waals surface area contributed by atoms with Gasteiger partial charge in [-0.25, -0.2) is 4.67 Å². The molecular formula is C9H13N6O4P. The molecule has 0 radical (unpaired) electrons. The summed E-state index contributed by atoms with van der Waals surface area (Å²) in [6.45, 7) is 2.67. The highest BCUT2D eigenvalue weighted by molar-refractivity contribution is 7.57. The predicted molar refractivity (Wildman–Crippen MR) is 68.2 cm³/mol. The van der Waals surface area contributed by atoms with Gasteiger partial charge in [-0.15, -0.1) is 0 Å². The SMILES string of the molecule is N#CCCOP(c1nc([N+](=O)[O-])n[nH]1)N1CCOCC1. The molecule has 1 aromatic rings. The lowest BCUT2D eigenvalue weighted by Gasteiger charge is -2.30. The number of rotatable bonds is 6. The van der Waals surface area contributed by atoms with Crippen LogP contribution in [0.1, 0.15) is 6.42 Å². The first-order valence-corrected chi connectivity index (χ1v) is 7.13. The van der Waals surface area contributed by atoms with E-state index in [1.54, 1.807) is 0 Å². The molecule has 1 aliphatic heterocycles. The topological polar surface area (TPSA) is 130 Å². The summed E-state index contributed by atoms with van der Waals surface area (Å²) in [4.78, 5) is 13.8. The molecule has 1 unspecified atom stereocenters. The van der Waals surface area contributed by atoms with Gasteiger partial charge in [-0.1, -0.05) is 0 Å². The van der Waals surface area contributed by atoms with Crippen molar-refractivity contribution in [2.75, 3.05) is 32.9 Å². The van der Waals surface area contributed by atoms with Crippen LogP contribution in [-0.2, 0) is 9.26 Å². The average Bonchev–Trinajstić information content (AvgIpc) is 2.94. The third kappa shape index (κ3) is 3.68. The maximum Gasteiger partial charge on any atom is 0.491 e. The number of ether oxygens (including phenoxy) is 1. The van der Waals surface area contributed by atoms with Crippen LogP contribution in [0.25, 0.3) is 0 Å². The van der Waals surface area contributed by atoms with Gasteiger partial charge >= 0.3 is 5.95 Å². The first kappa shape index (κ1) is 14.7. The van der Waals surface area contributed by atoms with E-state index in [0.717, 1.165) is 0 Å². The van der Waals surface area contributed by atoms with Crippen molar-refractivity contribution in [1.82, 2.24) is 19.9 Å². The third-order valence-corrected chi connectivity index (χ3v) is 4.38. The number of nitrogens with one attached hydrogen (secondary N) is 1. The molecule has 0 bridgehead atoms. The molecule has 2 heterocycles. The molecule has 20 heavy (non-hydrogen) atoms. The fraction of sp³-hybridized carbons (Fsp3) is 0.667. The lowest BCUT2D eigenvalue weighted by atomic mass is 10.5. The first-order valence-electron chi connectivity index (χ1n) is 5.92. The molecule has 0 aromatic carbocycles. The van der Waals surface area contributed by atoms with Crippen molar-refractivity contribution in [1.29, 1.82) is 5.26 Å². The molecule has 1 saturated heterocycles. The molecule has 0 aliphatic carbocycles. The number of hydrogen-bond acceptors (Lipinski definition) is 8. The number of nitriles is 1. The van der Waals surface area contributed by atoms with E-state index in [1.165, 1.54) is 0 Å². The molecule has 108 valence electrons. The van der Waals surface area contributed by atoms with Gasteiger partial charge in [-0.3, -0.25) is 0 Å². The Morgan fingerprint density at radius 1 is 1.60 bits per heavy atom. The number of hydrogen-bond donors (Lipinski definition) is 1. The minimum absolute atomic E-state index is 0.244. The Morgan fingerprint density at radius 2 is 2.35 bits per heavy atom. The first-order chi connectivity index (χ1) is 9.72. The summed E-state index contributed by atoms with van der Waals surface area (Å²) in [6.07, 6.45) is 0.249. The van der Waals surface area contributed by atoms with Gasteiger partial charge in [0.2, 0.25) is 0 Å². The van der Waals surface area contributed by atoms with E-state index in [1.807, 2.05) is 10.7 Å². The largest absolute Gasteiger partial charge is 0.491 e. The van der Waals surface area contributed by atoms with Gasteiger partial charge in [0.25, 0.3) is 5.57 Å². The van der Waals surface area contributed by atoms with E-state index < -0.39 is 19.2 Å². The molecule has 1 atom stereocenters. The predicted octanol–water partition coefficient (Wildman–Crippen LogP) is -0.0874. The molecule has 1 aliphatic rings. The zero-order chi connectivity index (χ0) is 14.4. The Kier molecular flexibility index (Phi) is 5.31. The maximum absolute atomic E-state index is 10.6. The molecule has 1 fully saturated rings. The van der Waals surface area contributed by atoms with E-state index in [2.05, 4.69) is 15.2 Å². The van der Waals surface area contributed by atoms with Crippen LogP contribution in [0.3, 0.4) is 0 Å². The number of morpholine rings is 1. The fourth-order valence-electron chi connectivity index (χ4n) is 1.60. The molecule has 2 rings (SSSR count). The van der Waals surface area contributed by atoms with Gasteiger partial charge in [0, 0.05) is 18.2 Å². The molecular weight excluding hydrogens is 287 g/mol. The zero-order valence-electron chi connectivity index (χ0n) is 10.6. The summed E-state index contributed by atoms with van der Waals surface area (Å²) in [6, 6.07) is 1.99. The smallest absolute Gasteiger partial charge is 0.390 e.